The van der Waals surface area contributed by atoms with Crippen LogP contribution in [0.1, 0.15) is 0 Å². The zero-order chi connectivity index (χ0) is 44.5. The van der Waals surface area contributed by atoms with Crippen LogP contribution in [0.2, 0.25) is 0 Å². The molecule has 0 saturated carbocycles. The summed E-state index contributed by atoms with van der Waals surface area (Å²) in [6.07, 6.45) is 0. The Morgan fingerprint density at radius 3 is 0.594 bits per heavy atom. The average Bonchev–Trinajstić information content (AvgIpc) is 3.29. The quantitative estimate of drug-likeness (QED) is 0.0670. The average molecular weight is 999 g/mol. The predicted octanol–water partition coefficient (Wildman–Crippen LogP) is 14.4. The van der Waals surface area contributed by atoms with Gasteiger partial charge >= 0.3 is 24.5 Å². The zero-order valence-electron chi connectivity index (χ0n) is 33.7. The second-order valence-electron chi connectivity index (χ2n) is 12.6. The van der Waals surface area contributed by atoms with Crippen molar-refractivity contribution in [2.45, 2.75) is 0 Å². The molecule has 0 aliphatic rings. The standard InChI is InChI=1S/2C18H16O3P.C12H10O2.BF4.Rh/c2*1-4-10-16(11-5-1)19-22(20-17-12-6-2-7-13-17)21-18-14-8-3-9-15-18;13-11-5-1-9(2-6-11)10-3-7-12(14)8-4-10;2-1(3,4)5;/h2*1-15,22H;1-8,13-14H;;/q2*+1;;-1;. The molecule has 8 aromatic rings. The number of hydrogen-bond acceptors (Lipinski definition) is 8. The molecule has 1 radical (unpaired) electrons. The Labute approximate surface area is 384 Å². The van der Waals surface area contributed by atoms with Gasteiger partial charge in [-0.15, -0.1) is 0 Å². The number of hydrogen-bond donors (Lipinski definition) is 2. The minimum Gasteiger partial charge on any atom is -0.508 e. The van der Waals surface area contributed by atoms with Gasteiger partial charge in [0, 0.05) is 19.5 Å². The second kappa shape index (κ2) is 27.5. The van der Waals surface area contributed by atoms with Crippen LogP contribution in [0.5, 0.6) is 46.0 Å². The molecule has 0 aliphatic heterocycles. The van der Waals surface area contributed by atoms with Gasteiger partial charge < -0.3 is 27.5 Å². The summed E-state index contributed by atoms with van der Waals surface area (Å²) in [5.41, 5.74) is 2.03. The molecule has 0 heterocycles. The van der Waals surface area contributed by atoms with Crippen LogP contribution in [0, 0.1) is 0 Å². The number of benzene rings is 8. The van der Waals surface area contributed by atoms with Crippen molar-refractivity contribution in [3.8, 4) is 57.1 Å². The first-order valence-corrected chi connectivity index (χ1v) is 21.6. The van der Waals surface area contributed by atoms with Crippen LogP contribution in [0.15, 0.2) is 231 Å². The maximum atomic E-state index is 9.75. The molecule has 331 valence electrons. The largest absolute Gasteiger partial charge is 0.673 e. The molecular formula is C48H42BF4O8P2Rh+. The van der Waals surface area contributed by atoms with Gasteiger partial charge in [-0.05, 0) is 108 Å². The van der Waals surface area contributed by atoms with Gasteiger partial charge in [-0.2, -0.15) is 0 Å². The SMILES string of the molecule is F[B-](F)(F)F.Oc1ccc(-c2ccc(O)cc2)cc1.[Rh].c1ccc(O[PH+](Oc2ccccc2)Oc2ccccc2)cc1.c1ccc(O[PH+](Oc2ccccc2)Oc2ccccc2)cc1. The smallest absolute Gasteiger partial charge is 0.508 e. The number of halogens is 4. The van der Waals surface area contributed by atoms with Gasteiger partial charge in [-0.3, -0.25) is 27.1 Å². The molecule has 0 aliphatic carbocycles. The molecular weight excluding hydrogens is 956 g/mol. The summed E-state index contributed by atoms with van der Waals surface area (Å²) < 4.78 is 74.3. The van der Waals surface area contributed by atoms with Crippen molar-refractivity contribution >= 4 is 24.5 Å². The summed E-state index contributed by atoms with van der Waals surface area (Å²) in [6.45, 7) is 0. The van der Waals surface area contributed by atoms with Gasteiger partial charge in [0.25, 0.3) is 0 Å². The number of aromatic hydroxyl groups is 2. The fraction of sp³-hybridized carbons (Fsp3) is 0. The van der Waals surface area contributed by atoms with E-state index in [1.54, 1.807) is 24.3 Å². The Hall–Kier alpha value is -6.57. The Balaban J connectivity index is 0.000000202. The molecule has 0 spiro atoms. The van der Waals surface area contributed by atoms with E-state index in [1.807, 2.05) is 206 Å². The van der Waals surface area contributed by atoms with Crippen molar-refractivity contribution in [3.05, 3.63) is 231 Å². The van der Waals surface area contributed by atoms with E-state index in [0.29, 0.717) is 0 Å². The van der Waals surface area contributed by atoms with Gasteiger partial charge in [-0.25, -0.2) is 0 Å². The van der Waals surface area contributed by atoms with E-state index < -0.39 is 24.5 Å². The van der Waals surface area contributed by atoms with E-state index in [9.17, 15) is 17.3 Å². The van der Waals surface area contributed by atoms with Crippen LogP contribution in [0.4, 0.5) is 17.3 Å². The van der Waals surface area contributed by atoms with E-state index >= 15 is 0 Å². The van der Waals surface area contributed by atoms with Crippen molar-refractivity contribution in [2.75, 3.05) is 0 Å². The van der Waals surface area contributed by atoms with Gasteiger partial charge in [0.1, 0.15) is 11.5 Å². The number of para-hydroxylation sites is 6. The first-order chi connectivity index (χ1) is 30.6. The normalized spacial score (nSPS) is 10.2. The molecule has 2 N–H and O–H groups in total. The maximum absolute atomic E-state index is 9.75. The molecule has 0 saturated heterocycles. The fourth-order valence-electron chi connectivity index (χ4n) is 4.94. The topological polar surface area (TPSA) is 95.8 Å². The Morgan fingerprint density at radius 1 is 0.281 bits per heavy atom. The molecule has 8 aromatic carbocycles. The van der Waals surface area contributed by atoms with E-state index in [-0.39, 0.29) is 31.0 Å². The molecule has 0 aromatic heterocycles. The van der Waals surface area contributed by atoms with Crippen LogP contribution in [-0.2, 0) is 19.5 Å². The summed E-state index contributed by atoms with van der Waals surface area (Å²) in [5, 5.41) is 18.2. The molecule has 64 heavy (non-hydrogen) atoms. The summed E-state index contributed by atoms with van der Waals surface area (Å²) >= 11 is 0. The summed E-state index contributed by atoms with van der Waals surface area (Å²) in [4.78, 5) is 0. The monoisotopic (exact) mass is 998 g/mol. The van der Waals surface area contributed by atoms with Gasteiger partial charge in [0.2, 0.25) is 0 Å². The van der Waals surface area contributed by atoms with Crippen molar-refractivity contribution in [1.82, 2.24) is 0 Å². The van der Waals surface area contributed by atoms with Gasteiger partial charge in [0.05, 0.1) is 0 Å². The van der Waals surface area contributed by atoms with Gasteiger partial charge in [0.15, 0.2) is 34.5 Å². The van der Waals surface area contributed by atoms with Crippen LogP contribution >= 0.6 is 17.2 Å². The van der Waals surface area contributed by atoms with E-state index in [2.05, 4.69) is 0 Å². The van der Waals surface area contributed by atoms with Crippen molar-refractivity contribution in [3.63, 3.8) is 0 Å². The molecule has 0 bridgehead atoms. The van der Waals surface area contributed by atoms with Crippen molar-refractivity contribution in [2.24, 2.45) is 0 Å². The summed E-state index contributed by atoms with van der Waals surface area (Å²) in [7, 11) is -10.0. The van der Waals surface area contributed by atoms with Crippen LogP contribution < -0.4 is 27.1 Å². The zero-order valence-corrected chi connectivity index (χ0v) is 37.3. The molecule has 0 fully saturated rings. The van der Waals surface area contributed by atoms with Crippen LogP contribution in [-0.4, -0.2) is 17.5 Å². The predicted molar refractivity (Wildman–Crippen MR) is 244 cm³/mol. The number of phenols is 2. The minimum absolute atomic E-state index is 0. The molecule has 0 amide bonds. The van der Waals surface area contributed by atoms with E-state index in [1.165, 1.54) is 0 Å². The van der Waals surface area contributed by atoms with Crippen LogP contribution in [0.3, 0.4) is 0 Å². The number of rotatable bonds is 13. The molecule has 0 atom stereocenters. The third-order valence-corrected chi connectivity index (χ3v) is 10.1. The maximum Gasteiger partial charge on any atom is 0.673 e. The first kappa shape index (κ1) is 50.1. The summed E-state index contributed by atoms with van der Waals surface area (Å²) in [5.74, 6) is 4.87. The minimum atomic E-state index is -6.00. The Bertz CT molecular complexity index is 2050. The third kappa shape index (κ3) is 20.5. The third-order valence-electron chi connectivity index (χ3n) is 7.73. The Morgan fingerprint density at radius 2 is 0.438 bits per heavy atom. The fourth-order valence-corrected chi connectivity index (χ4v) is 7.16. The molecule has 8 rings (SSSR count). The van der Waals surface area contributed by atoms with Crippen molar-refractivity contribution in [1.29, 1.82) is 0 Å². The second-order valence-corrected chi connectivity index (χ2v) is 14.8. The molecule has 0 unspecified atom stereocenters. The van der Waals surface area contributed by atoms with E-state index in [4.69, 9.17) is 37.4 Å². The van der Waals surface area contributed by atoms with Crippen LogP contribution in [0.25, 0.3) is 11.1 Å². The summed E-state index contributed by atoms with van der Waals surface area (Å²) in [6, 6.07) is 71.1. The molecule has 8 nitrogen and oxygen atoms in total. The van der Waals surface area contributed by atoms with E-state index in [0.717, 1.165) is 45.6 Å². The first-order valence-electron chi connectivity index (χ1n) is 19.1. The van der Waals surface area contributed by atoms with Crippen molar-refractivity contribution < 1.29 is 74.1 Å². The van der Waals surface area contributed by atoms with Gasteiger partial charge in [-0.1, -0.05) is 133 Å². The molecule has 16 heteroatoms. The number of phenolic OH excluding ortho intramolecular Hbond substituents is 2. The Kier molecular flexibility index (Phi) is 21.5.